The zero-order valence-electron chi connectivity index (χ0n) is 14.3. The van der Waals surface area contributed by atoms with Crippen LogP contribution < -0.4 is 10.0 Å². The molecular formula is C14H18ClF3N6O2S. The van der Waals surface area contributed by atoms with Crippen molar-refractivity contribution in [1.82, 2.24) is 18.9 Å². The number of hydrogen-bond donors (Lipinski definition) is 1. The lowest BCUT2D eigenvalue weighted by Crippen LogP contribution is -2.52. The molecule has 0 amide bonds. The van der Waals surface area contributed by atoms with Crippen LogP contribution in [-0.2, 0) is 10.2 Å². The second-order valence-corrected chi connectivity index (χ2v) is 8.30. The van der Waals surface area contributed by atoms with Crippen molar-refractivity contribution in [3.8, 4) is 0 Å². The Kier molecular flexibility index (Phi) is 5.27. The van der Waals surface area contributed by atoms with Crippen LogP contribution in [0.15, 0.2) is 12.4 Å². The standard InChI is InChI=1S/C14H18ClF3N6O2S/c1-9-6-11(15)24-12(9)13(20-8-21-24)22-4-2-10(3-5-22)23(27(19,25)26)7-14(16,17)18/h6,8,10H,2-5,7H2,1H3,(H2,19,25,26). The van der Waals surface area contributed by atoms with E-state index in [-0.39, 0.29) is 12.8 Å². The molecule has 0 bridgehead atoms. The zero-order valence-corrected chi connectivity index (χ0v) is 15.9. The molecule has 2 N–H and O–H groups in total. The Balaban J connectivity index is 1.81. The molecule has 0 aromatic carbocycles. The molecule has 0 unspecified atom stereocenters. The highest BCUT2D eigenvalue weighted by Gasteiger charge is 2.40. The second-order valence-electron chi connectivity index (χ2n) is 6.42. The number of rotatable bonds is 4. The first-order chi connectivity index (χ1) is 12.5. The molecule has 150 valence electrons. The van der Waals surface area contributed by atoms with Crippen LogP contribution in [0.25, 0.3) is 5.52 Å². The largest absolute Gasteiger partial charge is 0.402 e. The highest BCUT2D eigenvalue weighted by atomic mass is 35.5. The van der Waals surface area contributed by atoms with E-state index in [0.717, 1.165) is 5.56 Å². The molecule has 2 aromatic heterocycles. The molecule has 1 saturated heterocycles. The van der Waals surface area contributed by atoms with Crippen LogP contribution in [0.4, 0.5) is 19.0 Å². The second kappa shape index (κ2) is 7.08. The van der Waals surface area contributed by atoms with Crippen molar-refractivity contribution >= 4 is 33.1 Å². The highest BCUT2D eigenvalue weighted by Crippen LogP contribution is 2.30. The van der Waals surface area contributed by atoms with E-state index >= 15 is 0 Å². The van der Waals surface area contributed by atoms with Gasteiger partial charge in [-0.25, -0.2) is 14.6 Å². The summed E-state index contributed by atoms with van der Waals surface area (Å²) in [5.74, 6) is 0.603. The first-order valence-corrected chi connectivity index (χ1v) is 9.95. The molecule has 1 aliphatic heterocycles. The molecule has 13 heteroatoms. The molecule has 3 heterocycles. The fraction of sp³-hybridized carbons (Fsp3) is 0.571. The summed E-state index contributed by atoms with van der Waals surface area (Å²) in [7, 11) is -4.47. The summed E-state index contributed by atoms with van der Waals surface area (Å²) in [5.41, 5.74) is 1.57. The van der Waals surface area contributed by atoms with Crippen LogP contribution in [-0.4, -0.2) is 59.2 Å². The van der Waals surface area contributed by atoms with Crippen molar-refractivity contribution in [1.29, 1.82) is 0 Å². The quantitative estimate of drug-likeness (QED) is 0.803. The highest BCUT2D eigenvalue weighted by molar-refractivity contribution is 7.86. The SMILES string of the molecule is Cc1cc(Cl)n2ncnc(N3CCC(N(CC(F)(F)F)S(N)(=O)=O)CC3)c12. The van der Waals surface area contributed by atoms with Crippen molar-refractivity contribution in [3.63, 3.8) is 0 Å². The van der Waals surface area contributed by atoms with E-state index < -0.39 is 29.0 Å². The summed E-state index contributed by atoms with van der Waals surface area (Å²) in [6.45, 7) is 0.904. The van der Waals surface area contributed by atoms with E-state index in [1.807, 2.05) is 11.8 Å². The number of nitrogens with zero attached hydrogens (tertiary/aromatic N) is 5. The third-order valence-corrected chi connectivity index (χ3v) is 5.87. The fourth-order valence-corrected chi connectivity index (χ4v) is 4.60. The monoisotopic (exact) mass is 426 g/mol. The number of fused-ring (bicyclic) bond motifs is 1. The molecule has 27 heavy (non-hydrogen) atoms. The van der Waals surface area contributed by atoms with E-state index in [1.54, 1.807) is 6.07 Å². The number of piperidine rings is 1. The van der Waals surface area contributed by atoms with Gasteiger partial charge in [0.2, 0.25) is 0 Å². The van der Waals surface area contributed by atoms with Gasteiger partial charge in [0.25, 0.3) is 10.2 Å². The predicted molar refractivity (Wildman–Crippen MR) is 93.8 cm³/mol. The normalized spacial score (nSPS) is 17.2. The topological polar surface area (TPSA) is 96.8 Å². The van der Waals surface area contributed by atoms with Gasteiger partial charge in [0.15, 0.2) is 5.82 Å². The summed E-state index contributed by atoms with van der Waals surface area (Å²) in [5, 5.41) is 9.52. The van der Waals surface area contributed by atoms with E-state index in [0.29, 0.717) is 33.9 Å². The van der Waals surface area contributed by atoms with Crippen molar-refractivity contribution in [2.24, 2.45) is 5.14 Å². The first-order valence-electron chi connectivity index (χ1n) is 8.07. The number of nitrogens with two attached hydrogens (primary N) is 1. The van der Waals surface area contributed by atoms with Crippen LogP contribution in [0.5, 0.6) is 0 Å². The lowest BCUT2D eigenvalue weighted by Gasteiger charge is -2.37. The zero-order chi connectivity index (χ0) is 20.0. The van der Waals surface area contributed by atoms with E-state index in [4.69, 9.17) is 16.7 Å². The van der Waals surface area contributed by atoms with Gasteiger partial charge >= 0.3 is 6.18 Å². The molecule has 8 nitrogen and oxygen atoms in total. The molecule has 1 aliphatic rings. The summed E-state index contributed by atoms with van der Waals surface area (Å²) < 4.78 is 63.4. The van der Waals surface area contributed by atoms with Gasteiger partial charge in [-0.05, 0) is 31.4 Å². The lowest BCUT2D eigenvalue weighted by atomic mass is 10.0. The third-order valence-electron chi connectivity index (χ3n) is 4.52. The fourth-order valence-electron chi connectivity index (χ4n) is 3.36. The molecule has 0 aliphatic carbocycles. The molecule has 3 rings (SSSR count). The van der Waals surface area contributed by atoms with Crippen LogP contribution >= 0.6 is 11.6 Å². The van der Waals surface area contributed by atoms with Crippen LogP contribution in [0.1, 0.15) is 18.4 Å². The minimum Gasteiger partial charge on any atom is -0.355 e. The minimum absolute atomic E-state index is 0.191. The maximum Gasteiger partial charge on any atom is 0.402 e. The maximum atomic E-state index is 12.7. The van der Waals surface area contributed by atoms with Gasteiger partial charge in [0.05, 0.1) is 0 Å². The number of alkyl halides is 3. The Labute approximate surface area is 158 Å². The van der Waals surface area contributed by atoms with Gasteiger partial charge in [-0.2, -0.15) is 31.0 Å². The Morgan fingerprint density at radius 1 is 1.37 bits per heavy atom. The Morgan fingerprint density at radius 3 is 2.56 bits per heavy atom. The van der Waals surface area contributed by atoms with Gasteiger partial charge in [-0.15, -0.1) is 0 Å². The van der Waals surface area contributed by atoms with Crippen molar-refractivity contribution in [2.45, 2.75) is 32.0 Å². The Bertz CT molecular complexity index is 940. The lowest BCUT2D eigenvalue weighted by molar-refractivity contribution is -0.140. The number of aryl methyl sites for hydroxylation is 1. The summed E-state index contributed by atoms with van der Waals surface area (Å²) in [4.78, 5) is 6.16. The van der Waals surface area contributed by atoms with Gasteiger partial charge in [-0.3, -0.25) is 0 Å². The average molecular weight is 427 g/mol. The third kappa shape index (κ3) is 4.28. The molecule has 2 aromatic rings. The Morgan fingerprint density at radius 2 is 2.00 bits per heavy atom. The smallest absolute Gasteiger partial charge is 0.355 e. The number of halogens is 4. The molecule has 0 atom stereocenters. The molecule has 0 radical (unpaired) electrons. The van der Waals surface area contributed by atoms with Gasteiger partial charge in [0, 0.05) is 19.1 Å². The van der Waals surface area contributed by atoms with E-state index in [9.17, 15) is 21.6 Å². The van der Waals surface area contributed by atoms with Crippen molar-refractivity contribution in [3.05, 3.63) is 23.1 Å². The predicted octanol–water partition coefficient (Wildman–Crippen LogP) is 1.73. The van der Waals surface area contributed by atoms with Crippen molar-refractivity contribution in [2.75, 3.05) is 24.5 Å². The van der Waals surface area contributed by atoms with E-state index in [2.05, 4.69) is 10.1 Å². The number of anilines is 1. The maximum absolute atomic E-state index is 12.7. The van der Waals surface area contributed by atoms with E-state index in [1.165, 1.54) is 10.8 Å². The van der Waals surface area contributed by atoms with Crippen LogP contribution in [0, 0.1) is 6.92 Å². The molecule has 0 saturated carbocycles. The van der Waals surface area contributed by atoms with Crippen LogP contribution in [0.3, 0.4) is 0 Å². The molecular weight excluding hydrogens is 409 g/mol. The van der Waals surface area contributed by atoms with Gasteiger partial charge < -0.3 is 4.90 Å². The van der Waals surface area contributed by atoms with Crippen molar-refractivity contribution < 1.29 is 21.6 Å². The minimum atomic E-state index is -4.66. The molecule has 0 spiro atoms. The number of aromatic nitrogens is 3. The first kappa shape index (κ1) is 20.1. The summed E-state index contributed by atoms with van der Waals surface area (Å²) in [6, 6.07) is 0.917. The molecule has 1 fully saturated rings. The summed E-state index contributed by atoms with van der Waals surface area (Å²) >= 11 is 6.13. The summed E-state index contributed by atoms with van der Waals surface area (Å²) in [6.07, 6.45) is -2.94. The number of hydrogen-bond acceptors (Lipinski definition) is 5. The van der Waals surface area contributed by atoms with Crippen LogP contribution in [0.2, 0.25) is 5.15 Å². The van der Waals surface area contributed by atoms with Gasteiger partial charge in [-0.1, -0.05) is 11.6 Å². The Hall–Kier alpha value is -1.63. The average Bonchev–Trinajstić information content (AvgIpc) is 2.86. The van der Waals surface area contributed by atoms with Gasteiger partial charge in [0.1, 0.15) is 23.5 Å².